The minimum absolute atomic E-state index is 0.124. The molecule has 5 rings (SSSR count). The summed E-state index contributed by atoms with van der Waals surface area (Å²) in [6.45, 7) is 6.46. The van der Waals surface area contributed by atoms with Gasteiger partial charge in [0.15, 0.2) is 6.20 Å². The van der Waals surface area contributed by atoms with Crippen LogP contribution >= 0.6 is 0 Å². The Balaban J connectivity index is 1.79. The number of pyridine rings is 1. The molecule has 1 aliphatic heterocycles. The molecule has 0 saturated carbocycles. The Morgan fingerprint density at radius 3 is 2.48 bits per heavy atom. The van der Waals surface area contributed by atoms with E-state index in [0.717, 1.165) is 44.1 Å². The Kier molecular flexibility index (Phi) is 4.01. The summed E-state index contributed by atoms with van der Waals surface area (Å²) in [5.41, 5.74) is 3.46. The number of ether oxygens (including phenoxy) is 1. The molecular formula is C25H23F3NO2+. The summed E-state index contributed by atoms with van der Waals surface area (Å²) < 4.78 is 54.7. The van der Waals surface area contributed by atoms with Crippen molar-refractivity contribution in [2.75, 3.05) is 0 Å². The highest BCUT2D eigenvalue weighted by atomic mass is 19.4. The van der Waals surface area contributed by atoms with Crippen LogP contribution in [0.1, 0.15) is 30.5 Å². The van der Waals surface area contributed by atoms with Crippen LogP contribution < -0.4 is 9.30 Å². The number of hydrogen-bond acceptors (Lipinski definition) is 2. The molecule has 0 fully saturated rings. The van der Waals surface area contributed by atoms with Crippen molar-refractivity contribution < 1.29 is 26.9 Å². The average Bonchev–Trinajstić information content (AvgIpc) is 3.17. The van der Waals surface area contributed by atoms with Gasteiger partial charge in [-0.2, -0.15) is 13.2 Å². The molecule has 0 saturated heterocycles. The van der Waals surface area contributed by atoms with Gasteiger partial charge in [0.2, 0.25) is 5.69 Å². The van der Waals surface area contributed by atoms with Gasteiger partial charge in [0.05, 0.1) is 22.6 Å². The van der Waals surface area contributed by atoms with E-state index < -0.39 is 11.6 Å². The molecule has 160 valence electrons. The third-order valence-electron chi connectivity index (χ3n) is 6.47. The number of furan rings is 1. The van der Waals surface area contributed by atoms with Crippen LogP contribution in [0.3, 0.4) is 0 Å². The van der Waals surface area contributed by atoms with Crippen LogP contribution in [0.15, 0.2) is 41.1 Å². The molecule has 0 unspecified atom stereocenters. The van der Waals surface area contributed by atoms with E-state index in [0.29, 0.717) is 17.1 Å². The maximum atomic E-state index is 13.5. The molecule has 4 aromatic rings. The van der Waals surface area contributed by atoms with Crippen LogP contribution in [-0.4, -0.2) is 6.18 Å². The van der Waals surface area contributed by atoms with Crippen molar-refractivity contribution in [2.24, 2.45) is 12.5 Å². The zero-order chi connectivity index (χ0) is 22.3. The number of rotatable bonds is 2. The van der Waals surface area contributed by atoms with E-state index in [1.54, 1.807) is 12.3 Å². The van der Waals surface area contributed by atoms with Crippen molar-refractivity contribution in [2.45, 2.75) is 40.3 Å². The lowest BCUT2D eigenvalue weighted by Gasteiger charge is -2.28. The summed E-state index contributed by atoms with van der Waals surface area (Å²) >= 11 is 0. The third-order valence-corrected chi connectivity index (χ3v) is 6.47. The summed E-state index contributed by atoms with van der Waals surface area (Å²) in [5.74, 6) is 1.28. The number of aromatic nitrogens is 1. The van der Waals surface area contributed by atoms with Crippen LogP contribution in [0.25, 0.3) is 33.0 Å². The average molecular weight is 426 g/mol. The zero-order valence-corrected chi connectivity index (χ0v) is 18.1. The van der Waals surface area contributed by atoms with Crippen LogP contribution in [0.2, 0.25) is 0 Å². The smallest absolute Gasteiger partial charge is 0.394 e. The molecule has 1 aliphatic rings. The first-order chi connectivity index (χ1) is 14.5. The molecule has 0 atom stereocenters. The van der Waals surface area contributed by atoms with E-state index in [-0.39, 0.29) is 6.42 Å². The van der Waals surface area contributed by atoms with Gasteiger partial charge in [-0.1, -0.05) is 19.9 Å². The summed E-state index contributed by atoms with van der Waals surface area (Å²) in [5, 5.41) is 2.81. The predicted octanol–water partition coefficient (Wildman–Crippen LogP) is 6.93. The number of hydrogen-bond donors (Lipinski definition) is 0. The van der Waals surface area contributed by atoms with E-state index >= 15 is 0 Å². The van der Waals surface area contributed by atoms with Crippen LogP contribution in [-0.2, 0) is 13.5 Å². The second-order valence-electron chi connectivity index (χ2n) is 9.11. The number of aryl methyl sites for hydroxylation is 3. The number of halogens is 3. The summed E-state index contributed by atoms with van der Waals surface area (Å²) in [6.07, 6.45) is -0.800. The van der Waals surface area contributed by atoms with Crippen molar-refractivity contribution in [1.82, 2.24) is 0 Å². The lowest BCUT2D eigenvalue weighted by atomic mass is 9.84. The SMILES string of the molecule is Cc1c2c(c(C)c3occc13)Oc1cc(CC(C)(C)C(F)(F)F)cc3cc[n+](C)c-2c13. The first kappa shape index (κ1) is 19.9. The molecule has 0 radical (unpaired) electrons. The fraction of sp³-hybridized carbons (Fsp3) is 0.320. The second-order valence-corrected chi connectivity index (χ2v) is 9.11. The minimum atomic E-state index is -4.29. The highest BCUT2D eigenvalue weighted by Gasteiger charge is 2.47. The fourth-order valence-corrected chi connectivity index (χ4v) is 4.63. The van der Waals surface area contributed by atoms with Gasteiger partial charge in [0.25, 0.3) is 0 Å². The predicted molar refractivity (Wildman–Crippen MR) is 113 cm³/mol. The van der Waals surface area contributed by atoms with Crippen LogP contribution in [0.4, 0.5) is 13.2 Å². The number of alkyl halides is 3. The highest BCUT2D eigenvalue weighted by molar-refractivity contribution is 6.05. The van der Waals surface area contributed by atoms with E-state index in [2.05, 4.69) is 0 Å². The standard InChI is InChI=1S/C25H23F3NO2/c1-13-17-7-9-30-22(17)14(2)23-19(13)21-20-16(6-8-29(21)5)10-15(11-18(20)31-23)12-24(3,4)25(26,27)28/h6-11H,12H2,1-5H3/q+1. The maximum Gasteiger partial charge on any atom is 0.394 e. The van der Waals surface area contributed by atoms with Crippen molar-refractivity contribution in [3.05, 3.63) is 53.4 Å². The van der Waals surface area contributed by atoms with E-state index in [1.807, 2.05) is 49.9 Å². The largest absolute Gasteiger partial charge is 0.464 e. The van der Waals surface area contributed by atoms with Gasteiger partial charge in [-0.25, -0.2) is 4.57 Å². The quantitative estimate of drug-likeness (QED) is 0.286. The van der Waals surface area contributed by atoms with E-state index in [4.69, 9.17) is 9.15 Å². The Bertz CT molecular complexity index is 1380. The number of benzene rings is 2. The first-order valence-electron chi connectivity index (χ1n) is 10.2. The molecule has 0 N–H and O–H groups in total. The van der Waals surface area contributed by atoms with Gasteiger partial charge in [0.1, 0.15) is 24.1 Å². The summed E-state index contributed by atoms with van der Waals surface area (Å²) in [4.78, 5) is 0. The molecule has 6 heteroatoms. The van der Waals surface area contributed by atoms with Crippen molar-refractivity contribution in [1.29, 1.82) is 0 Å². The lowest BCUT2D eigenvalue weighted by molar-refractivity contribution is -0.659. The summed E-state index contributed by atoms with van der Waals surface area (Å²) in [6, 6.07) is 7.49. The van der Waals surface area contributed by atoms with Crippen molar-refractivity contribution >= 4 is 21.7 Å². The Hall–Kier alpha value is -3.02. The first-order valence-corrected chi connectivity index (χ1v) is 10.2. The second kappa shape index (κ2) is 6.25. The molecule has 31 heavy (non-hydrogen) atoms. The Labute approximate surface area is 178 Å². The minimum Gasteiger partial charge on any atom is -0.464 e. The molecule has 3 nitrogen and oxygen atoms in total. The van der Waals surface area contributed by atoms with Gasteiger partial charge in [-0.3, -0.25) is 0 Å². The summed E-state index contributed by atoms with van der Waals surface area (Å²) in [7, 11) is 1.97. The van der Waals surface area contributed by atoms with E-state index in [1.165, 1.54) is 13.8 Å². The lowest BCUT2D eigenvalue weighted by Crippen LogP contribution is -2.34. The molecule has 0 aliphatic carbocycles. The van der Waals surface area contributed by atoms with Gasteiger partial charge in [-0.15, -0.1) is 0 Å². The fourth-order valence-electron chi connectivity index (χ4n) is 4.63. The highest BCUT2D eigenvalue weighted by Crippen LogP contribution is 2.51. The Morgan fingerprint density at radius 1 is 1.03 bits per heavy atom. The maximum absolute atomic E-state index is 13.5. The van der Waals surface area contributed by atoms with Crippen molar-refractivity contribution in [3.63, 3.8) is 0 Å². The topological polar surface area (TPSA) is 26.2 Å². The molecule has 0 amide bonds. The third kappa shape index (κ3) is 2.77. The van der Waals surface area contributed by atoms with Crippen LogP contribution in [0.5, 0.6) is 11.5 Å². The molecular weight excluding hydrogens is 403 g/mol. The van der Waals surface area contributed by atoms with Gasteiger partial charge >= 0.3 is 6.18 Å². The van der Waals surface area contributed by atoms with Gasteiger partial charge in [-0.05, 0) is 48.9 Å². The van der Waals surface area contributed by atoms with E-state index in [9.17, 15) is 13.2 Å². The normalized spacial score (nSPS) is 13.5. The number of fused-ring (bicyclic) bond motifs is 3. The molecule has 0 bridgehead atoms. The van der Waals surface area contributed by atoms with Gasteiger partial charge in [0, 0.05) is 17.0 Å². The van der Waals surface area contributed by atoms with Crippen LogP contribution in [0, 0.1) is 19.3 Å². The molecule has 3 heterocycles. The molecule has 2 aromatic carbocycles. The van der Waals surface area contributed by atoms with Crippen molar-refractivity contribution in [3.8, 4) is 22.8 Å². The number of nitrogens with zero attached hydrogens (tertiary/aromatic N) is 1. The molecule has 2 aromatic heterocycles. The molecule has 0 spiro atoms. The Morgan fingerprint density at radius 2 is 1.77 bits per heavy atom. The van der Waals surface area contributed by atoms with Gasteiger partial charge < -0.3 is 9.15 Å². The zero-order valence-electron chi connectivity index (χ0n) is 18.1. The monoisotopic (exact) mass is 426 g/mol.